The van der Waals surface area contributed by atoms with Crippen molar-refractivity contribution in [3.05, 3.63) is 89.5 Å². The summed E-state index contributed by atoms with van der Waals surface area (Å²) in [5.41, 5.74) is 10.4. The number of amides is 1. The molecular weight excluding hydrogens is 456 g/mol. The van der Waals surface area contributed by atoms with Gasteiger partial charge in [0, 0.05) is 12.1 Å². The largest absolute Gasteiger partial charge is 0.493 e. The number of benzene rings is 3. The molecule has 3 aromatic carbocycles. The van der Waals surface area contributed by atoms with Crippen LogP contribution in [0.25, 0.3) is 22.2 Å². The van der Waals surface area contributed by atoms with Crippen molar-refractivity contribution < 1.29 is 14.3 Å². The van der Waals surface area contributed by atoms with Gasteiger partial charge in [-0.2, -0.15) is 9.78 Å². The molecule has 0 fully saturated rings. The third-order valence-corrected chi connectivity index (χ3v) is 5.74. The van der Waals surface area contributed by atoms with Gasteiger partial charge in [-0.1, -0.05) is 48.5 Å². The van der Waals surface area contributed by atoms with Crippen LogP contribution in [0.5, 0.6) is 11.5 Å². The molecule has 5 rings (SSSR count). The third kappa shape index (κ3) is 4.18. The van der Waals surface area contributed by atoms with E-state index in [4.69, 9.17) is 25.2 Å². The average Bonchev–Trinajstić information content (AvgIpc) is 3.19. The summed E-state index contributed by atoms with van der Waals surface area (Å²) in [4.78, 5) is 22.7. The maximum absolute atomic E-state index is 13.3. The fourth-order valence-corrected chi connectivity index (χ4v) is 3.99. The zero-order valence-corrected chi connectivity index (χ0v) is 19.8. The Labute approximate surface area is 207 Å². The van der Waals surface area contributed by atoms with Gasteiger partial charge in [-0.15, -0.1) is 0 Å². The zero-order valence-electron chi connectivity index (χ0n) is 19.8. The van der Waals surface area contributed by atoms with Crippen molar-refractivity contribution in [3.63, 3.8) is 0 Å². The Bertz CT molecular complexity index is 1590. The minimum atomic E-state index is -0.362. The first-order chi connectivity index (χ1) is 17.6. The molecule has 9 nitrogen and oxygen atoms in total. The molecule has 0 bridgehead atoms. The van der Waals surface area contributed by atoms with Crippen molar-refractivity contribution in [2.75, 3.05) is 20.0 Å². The number of hydrogen-bond donors (Lipinski definition) is 2. The molecule has 0 saturated carbocycles. The number of nitrogens with two attached hydrogens (primary N) is 1. The quantitative estimate of drug-likeness (QED) is 0.340. The highest BCUT2D eigenvalue weighted by Crippen LogP contribution is 2.31. The number of ether oxygens (including phenoxy) is 2. The first-order valence-electron chi connectivity index (χ1n) is 11.2. The predicted octanol–water partition coefficient (Wildman–Crippen LogP) is 4.00. The van der Waals surface area contributed by atoms with Crippen LogP contribution in [0.4, 0.5) is 5.82 Å². The number of nitrogen functional groups attached to an aromatic ring is 1. The summed E-state index contributed by atoms with van der Waals surface area (Å²) in [5.74, 6) is 0.859. The van der Waals surface area contributed by atoms with E-state index in [0.717, 1.165) is 5.56 Å². The summed E-state index contributed by atoms with van der Waals surface area (Å²) in [5, 5.41) is 7.49. The van der Waals surface area contributed by atoms with Crippen molar-refractivity contribution >= 4 is 40.1 Å². The van der Waals surface area contributed by atoms with Crippen LogP contribution >= 0.6 is 0 Å². The van der Waals surface area contributed by atoms with E-state index in [1.165, 1.54) is 4.68 Å². The van der Waals surface area contributed by atoms with Gasteiger partial charge in [-0.25, -0.2) is 9.97 Å². The molecule has 0 radical (unpaired) electrons. The second kappa shape index (κ2) is 9.75. The second-order valence-corrected chi connectivity index (χ2v) is 7.95. The predicted molar refractivity (Wildman–Crippen MR) is 140 cm³/mol. The molecule has 0 atom stereocenters. The highest BCUT2D eigenvalue weighted by Gasteiger charge is 2.24. The van der Waals surface area contributed by atoms with E-state index in [2.05, 4.69) is 10.4 Å². The van der Waals surface area contributed by atoms with E-state index < -0.39 is 0 Å². The minimum absolute atomic E-state index is 0.129. The summed E-state index contributed by atoms with van der Waals surface area (Å²) in [7, 11) is 3.12. The van der Waals surface area contributed by atoms with Crippen molar-refractivity contribution in [2.45, 2.75) is 6.54 Å². The third-order valence-electron chi connectivity index (χ3n) is 5.74. The molecule has 5 aromatic rings. The number of hydrogen-bond acceptors (Lipinski definition) is 7. The molecule has 180 valence electrons. The number of nitrogens with zero attached hydrogens (tertiary/aromatic N) is 4. The van der Waals surface area contributed by atoms with E-state index in [1.807, 2.05) is 66.7 Å². The molecule has 0 aliphatic rings. The first kappa shape index (κ1) is 22.9. The second-order valence-electron chi connectivity index (χ2n) is 7.95. The number of fused-ring (bicyclic) bond motifs is 2. The lowest BCUT2D eigenvalue weighted by Gasteiger charge is -2.09. The van der Waals surface area contributed by atoms with Gasteiger partial charge in [-0.05, 0) is 29.8 Å². The normalized spacial score (nSPS) is 11.3. The van der Waals surface area contributed by atoms with Crippen molar-refractivity contribution in [1.29, 1.82) is 0 Å². The number of anilines is 1. The summed E-state index contributed by atoms with van der Waals surface area (Å²) >= 11 is 0. The lowest BCUT2D eigenvalue weighted by molar-refractivity contribution is 0.0953. The van der Waals surface area contributed by atoms with E-state index in [-0.39, 0.29) is 17.3 Å². The Balaban J connectivity index is 1.62. The van der Waals surface area contributed by atoms with Crippen LogP contribution in [0.15, 0.2) is 77.9 Å². The number of para-hydroxylation sites is 3. The van der Waals surface area contributed by atoms with E-state index in [9.17, 15) is 4.79 Å². The molecular formula is C27H24N6O3. The molecule has 0 spiro atoms. The van der Waals surface area contributed by atoms with E-state index >= 15 is 0 Å². The Morgan fingerprint density at radius 2 is 1.69 bits per heavy atom. The van der Waals surface area contributed by atoms with Crippen molar-refractivity contribution in [3.8, 4) is 11.5 Å². The van der Waals surface area contributed by atoms with Gasteiger partial charge in [0.2, 0.25) is 0 Å². The maximum atomic E-state index is 13.3. The lowest BCUT2D eigenvalue weighted by atomic mass is 10.2. The van der Waals surface area contributed by atoms with E-state index in [0.29, 0.717) is 45.8 Å². The Morgan fingerprint density at radius 1 is 0.972 bits per heavy atom. The number of rotatable bonds is 7. The van der Waals surface area contributed by atoms with Crippen LogP contribution in [0.1, 0.15) is 21.5 Å². The molecule has 0 unspecified atom stereocenters. The number of nitrogens with one attached hydrogen (secondary N) is 1. The Hall–Kier alpha value is -4.92. The molecule has 3 N–H and O–H groups in total. The summed E-state index contributed by atoms with van der Waals surface area (Å²) < 4.78 is 12.3. The fourth-order valence-electron chi connectivity index (χ4n) is 3.99. The first-order valence-corrected chi connectivity index (χ1v) is 11.2. The Morgan fingerprint density at radius 3 is 2.42 bits per heavy atom. The van der Waals surface area contributed by atoms with Gasteiger partial charge < -0.3 is 20.5 Å². The Kier molecular flexibility index (Phi) is 6.19. The number of methoxy groups -OCH3 is 2. The van der Waals surface area contributed by atoms with Crippen molar-refractivity contribution in [1.82, 2.24) is 20.0 Å². The van der Waals surface area contributed by atoms with Crippen LogP contribution < -0.4 is 20.5 Å². The van der Waals surface area contributed by atoms with Crippen LogP contribution in [0.3, 0.4) is 0 Å². The number of aromatic nitrogens is 3. The summed E-state index contributed by atoms with van der Waals surface area (Å²) in [6, 6.07) is 22.5. The van der Waals surface area contributed by atoms with Crippen LogP contribution in [-0.2, 0) is 6.54 Å². The summed E-state index contributed by atoms with van der Waals surface area (Å²) in [6.45, 7) is 0.344. The molecule has 2 aromatic heterocycles. The molecule has 36 heavy (non-hydrogen) atoms. The topological polar surface area (TPSA) is 117 Å². The molecule has 0 saturated heterocycles. The highest BCUT2D eigenvalue weighted by molar-refractivity contribution is 6.10. The van der Waals surface area contributed by atoms with Crippen LogP contribution in [-0.4, -0.2) is 41.0 Å². The van der Waals surface area contributed by atoms with Crippen LogP contribution in [0.2, 0.25) is 0 Å². The number of carbonyl (C=O) groups is 1. The monoisotopic (exact) mass is 480 g/mol. The smallest absolute Gasteiger partial charge is 0.257 e. The van der Waals surface area contributed by atoms with Gasteiger partial charge in [0.1, 0.15) is 16.9 Å². The van der Waals surface area contributed by atoms with E-state index in [1.54, 1.807) is 26.5 Å². The molecule has 9 heteroatoms. The van der Waals surface area contributed by atoms with Gasteiger partial charge in [0.05, 0.1) is 31.5 Å². The molecule has 1 amide bonds. The molecule has 2 heterocycles. The van der Waals surface area contributed by atoms with Gasteiger partial charge >= 0.3 is 0 Å². The minimum Gasteiger partial charge on any atom is -0.493 e. The maximum Gasteiger partial charge on any atom is 0.257 e. The van der Waals surface area contributed by atoms with Crippen molar-refractivity contribution in [2.24, 2.45) is 5.10 Å². The van der Waals surface area contributed by atoms with Crippen LogP contribution in [0, 0.1) is 0 Å². The molecule has 0 aliphatic heterocycles. The molecule has 0 aliphatic carbocycles. The average molecular weight is 481 g/mol. The standard InChI is InChI=1S/C27H24N6O3/c1-35-21-14-8-11-18(24(21)36-2)16-30-33-25(28)22(27(34)29-15-17-9-4-3-5-10-17)23-26(33)32-20-13-7-6-12-19(20)31-23/h3-14,16H,15,28H2,1-2H3,(H,29,34). The van der Waals surface area contributed by atoms with Gasteiger partial charge in [0.15, 0.2) is 17.1 Å². The fraction of sp³-hybridized carbons (Fsp3) is 0.111. The summed E-state index contributed by atoms with van der Waals surface area (Å²) in [6.07, 6.45) is 1.58. The SMILES string of the molecule is COc1cccc(C=Nn2c(N)c(C(=O)NCc3ccccc3)c3nc4ccccc4nc32)c1OC. The van der Waals surface area contributed by atoms with Gasteiger partial charge in [-0.3, -0.25) is 4.79 Å². The lowest BCUT2D eigenvalue weighted by Crippen LogP contribution is -2.23. The zero-order chi connectivity index (χ0) is 25.1. The van der Waals surface area contributed by atoms with Gasteiger partial charge in [0.25, 0.3) is 5.91 Å². The number of carbonyl (C=O) groups excluding carboxylic acids is 1. The highest BCUT2D eigenvalue weighted by atomic mass is 16.5.